The zero-order valence-corrected chi connectivity index (χ0v) is 10.6. The molecule has 5 nitrogen and oxygen atoms in total. The summed E-state index contributed by atoms with van der Waals surface area (Å²) in [4.78, 5) is 4.33. The topological polar surface area (TPSA) is 59.9 Å². The third-order valence-corrected chi connectivity index (χ3v) is 3.12. The first-order valence-corrected chi connectivity index (χ1v) is 6.29. The van der Waals surface area contributed by atoms with Gasteiger partial charge in [0.25, 0.3) is 0 Å². The standard InChI is InChI=1S/C12H20N4O/c1-9-10(2)15-16-12(14-9)13-7-6-11-5-3-4-8-17-11/h11H,3-8H2,1-2H3,(H,13,14,16). The van der Waals surface area contributed by atoms with Crippen LogP contribution in [0.5, 0.6) is 0 Å². The van der Waals surface area contributed by atoms with Crippen LogP contribution in [0, 0.1) is 13.8 Å². The number of aryl methyl sites for hydroxylation is 2. The molecule has 94 valence electrons. The molecule has 1 saturated heterocycles. The Kier molecular flexibility index (Phi) is 4.25. The van der Waals surface area contributed by atoms with Gasteiger partial charge in [0.2, 0.25) is 5.95 Å². The first-order valence-electron chi connectivity index (χ1n) is 6.29. The lowest BCUT2D eigenvalue weighted by Crippen LogP contribution is -2.22. The number of nitrogens with one attached hydrogen (secondary N) is 1. The fourth-order valence-corrected chi connectivity index (χ4v) is 1.91. The average molecular weight is 236 g/mol. The predicted molar refractivity (Wildman–Crippen MR) is 66.0 cm³/mol. The Morgan fingerprint density at radius 1 is 1.24 bits per heavy atom. The quantitative estimate of drug-likeness (QED) is 0.864. The maximum absolute atomic E-state index is 5.66. The van der Waals surface area contributed by atoms with Gasteiger partial charge >= 0.3 is 0 Å². The minimum atomic E-state index is 0.399. The largest absolute Gasteiger partial charge is 0.378 e. The Bertz CT molecular complexity index is 364. The molecule has 17 heavy (non-hydrogen) atoms. The Balaban J connectivity index is 1.75. The van der Waals surface area contributed by atoms with Crippen LogP contribution < -0.4 is 5.32 Å². The molecule has 1 unspecified atom stereocenters. The zero-order valence-electron chi connectivity index (χ0n) is 10.6. The van der Waals surface area contributed by atoms with E-state index in [1.165, 1.54) is 19.3 Å². The minimum Gasteiger partial charge on any atom is -0.378 e. The molecule has 0 aliphatic carbocycles. The molecule has 0 saturated carbocycles. The van der Waals surface area contributed by atoms with Crippen LogP contribution in [-0.2, 0) is 4.74 Å². The molecule has 1 fully saturated rings. The summed E-state index contributed by atoms with van der Waals surface area (Å²) in [7, 11) is 0. The van der Waals surface area contributed by atoms with E-state index in [0.717, 1.165) is 31.0 Å². The first-order chi connectivity index (χ1) is 8.25. The van der Waals surface area contributed by atoms with E-state index in [9.17, 15) is 0 Å². The summed E-state index contributed by atoms with van der Waals surface area (Å²) in [5, 5.41) is 11.2. The Hall–Kier alpha value is -1.23. The van der Waals surface area contributed by atoms with E-state index in [0.29, 0.717) is 12.1 Å². The number of ether oxygens (including phenoxy) is 1. The van der Waals surface area contributed by atoms with Crippen molar-refractivity contribution in [3.63, 3.8) is 0 Å². The van der Waals surface area contributed by atoms with Gasteiger partial charge in [-0.15, -0.1) is 5.10 Å². The lowest BCUT2D eigenvalue weighted by molar-refractivity contribution is 0.0134. The fourth-order valence-electron chi connectivity index (χ4n) is 1.91. The Morgan fingerprint density at radius 3 is 2.82 bits per heavy atom. The van der Waals surface area contributed by atoms with E-state index >= 15 is 0 Å². The van der Waals surface area contributed by atoms with Crippen molar-refractivity contribution in [2.75, 3.05) is 18.5 Å². The Labute approximate surface area is 102 Å². The van der Waals surface area contributed by atoms with Crippen molar-refractivity contribution in [1.82, 2.24) is 15.2 Å². The first kappa shape index (κ1) is 12.2. The summed E-state index contributed by atoms with van der Waals surface area (Å²) >= 11 is 0. The molecule has 1 aliphatic rings. The van der Waals surface area contributed by atoms with Crippen LogP contribution in [0.3, 0.4) is 0 Å². The van der Waals surface area contributed by atoms with Gasteiger partial charge in [-0.25, -0.2) is 4.98 Å². The number of rotatable bonds is 4. The molecule has 5 heteroatoms. The van der Waals surface area contributed by atoms with Crippen LogP contribution in [-0.4, -0.2) is 34.4 Å². The van der Waals surface area contributed by atoms with Crippen molar-refractivity contribution < 1.29 is 4.74 Å². The molecule has 0 bridgehead atoms. The second-order valence-electron chi connectivity index (χ2n) is 4.51. The zero-order chi connectivity index (χ0) is 12.1. The van der Waals surface area contributed by atoms with Crippen molar-refractivity contribution in [2.24, 2.45) is 0 Å². The van der Waals surface area contributed by atoms with Crippen LogP contribution in [0.1, 0.15) is 37.1 Å². The molecule has 0 aromatic carbocycles. The number of nitrogens with zero attached hydrogens (tertiary/aromatic N) is 3. The van der Waals surface area contributed by atoms with Gasteiger partial charge in [0.1, 0.15) is 0 Å². The summed E-state index contributed by atoms with van der Waals surface area (Å²) in [6.45, 7) is 5.61. The summed E-state index contributed by atoms with van der Waals surface area (Å²) < 4.78 is 5.66. The summed E-state index contributed by atoms with van der Waals surface area (Å²) in [6.07, 6.45) is 5.07. The van der Waals surface area contributed by atoms with E-state index in [-0.39, 0.29) is 0 Å². The smallest absolute Gasteiger partial charge is 0.242 e. The molecule has 1 aromatic rings. The molecule has 1 aliphatic heterocycles. The van der Waals surface area contributed by atoms with Crippen molar-refractivity contribution in [2.45, 2.75) is 45.6 Å². The van der Waals surface area contributed by atoms with E-state index in [1.807, 2.05) is 13.8 Å². The van der Waals surface area contributed by atoms with Gasteiger partial charge in [0.15, 0.2) is 0 Å². The number of hydrogen-bond acceptors (Lipinski definition) is 5. The van der Waals surface area contributed by atoms with Crippen LogP contribution in [0.25, 0.3) is 0 Å². The number of aromatic nitrogens is 3. The van der Waals surface area contributed by atoms with Gasteiger partial charge in [0.05, 0.1) is 17.5 Å². The molecule has 1 aromatic heterocycles. The van der Waals surface area contributed by atoms with E-state index in [1.54, 1.807) is 0 Å². The average Bonchev–Trinajstić information content (AvgIpc) is 2.35. The number of anilines is 1. The molecule has 1 atom stereocenters. The lowest BCUT2D eigenvalue weighted by atomic mass is 10.1. The van der Waals surface area contributed by atoms with Gasteiger partial charge in [-0.3, -0.25) is 0 Å². The second kappa shape index (κ2) is 5.91. The van der Waals surface area contributed by atoms with Gasteiger partial charge in [-0.05, 0) is 39.5 Å². The minimum absolute atomic E-state index is 0.399. The third kappa shape index (κ3) is 3.63. The predicted octanol–water partition coefficient (Wildman–Crippen LogP) is 1.86. The third-order valence-electron chi connectivity index (χ3n) is 3.12. The normalized spacial score (nSPS) is 20.2. The van der Waals surface area contributed by atoms with Crippen molar-refractivity contribution in [3.8, 4) is 0 Å². The van der Waals surface area contributed by atoms with E-state index in [4.69, 9.17) is 4.74 Å². The summed E-state index contributed by atoms with van der Waals surface area (Å²) in [5.41, 5.74) is 1.81. The summed E-state index contributed by atoms with van der Waals surface area (Å²) in [6, 6.07) is 0. The maximum atomic E-state index is 5.66. The van der Waals surface area contributed by atoms with Crippen LogP contribution in [0.4, 0.5) is 5.95 Å². The highest BCUT2D eigenvalue weighted by molar-refractivity contribution is 5.24. The molecular weight excluding hydrogens is 216 g/mol. The van der Waals surface area contributed by atoms with Crippen LogP contribution in [0.15, 0.2) is 0 Å². The highest BCUT2D eigenvalue weighted by atomic mass is 16.5. The maximum Gasteiger partial charge on any atom is 0.242 e. The molecule has 0 radical (unpaired) electrons. The monoisotopic (exact) mass is 236 g/mol. The van der Waals surface area contributed by atoms with Crippen molar-refractivity contribution in [1.29, 1.82) is 0 Å². The molecule has 0 spiro atoms. The second-order valence-corrected chi connectivity index (χ2v) is 4.51. The molecule has 2 rings (SSSR count). The molecule has 2 heterocycles. The SMILES string of the molecule is Cc1nnc(NCCC2CCCCO2)nc1C. The van der Waals surface area contributed by atoms with Gasteiger partial charge < -0.3 is 10.1 Å². The van der Waals surface area contributed by atoms with Crippen molar-refractivity contribution in [3.05, 3.63) is 11.4 Å². The van der Waals surface area contributed by atoms with E-state index < -0.39 is 0 Å². The number of hydrogen-bond donors (Lipinski definition) is 1. The lowest BCUT2D eigenvalue weighted by Gasteiger charge is -2.22. The highest BCUT2D eigenvalue weighted by Gasteiger charge is 2.13. The Morgan fingerprint density at radius 2 is 2.12 bits per heavy atom. The van der Waals surface area contributed by atoms with Crippen LogP contribution >= 0.6 is 0 Å². The van der Waals surface area contributed by atoms with Crippen LogP contribution in [0.2, 0.25) is 0 Å². The van der Waals surface area contributed by atoms with Gasteiger partial charge in [0, 0.05) is 13.2 Å². The fraction of sp³-hybridized carbons (Fsp3) is 0.750. The van der Waals surface area contributed by atoms with Crippen molar-refractivity contribution >= 4 is 5.95 Å². The molecule has 1 N–H and O–H groups in total. The highest BCUT2D eigenvalue weighted by Crippen LogP contribution is 2.15. The van der Waals surface area contributed by atoms with E-state index in [2.05, 4.69) is 20.5 Å². The summed E-state index contributed by atoms with van der Waals surface area (Å²) in [5.74, 6) is 0.615. The van der Waals surface area contributed by atoms with Gasteiger partial charge in [-0.2, -0.15) is 5.10 Å². The molecule has 0 amide bonds. The van der Waals surface area contributed by atoms with Gasteiger partial charge in [-0.1, -0.05) is 0 Å². The molecular formula is C12H20N4O.